The molecule has 178 valence electrons. The van der Waals surface area contributed by atoms with E-state index in [4.69, 9.17) is 4.74 Å². The Morgan fingerprint density at radius 2 is 1.91 bits per heavy atom. The van der Waals surface area contributed by atoms with Gasteiger partial charge in [-0.3, -0.25) is 0 Å². The van der Waals surface area contributed by atoms with E-state index in [1.807, 2.05) is 17.5 Å². The summed E-state index contributed by atoms with van der Waals surface area (Å²) in [4.78, 5) is 17.4. The molecule has 11 heteroatoms. The fourth-order valence-corrected chi connectivity index (χ4v) is 5.77. The number of rotatable bonds is 9. The van der Waals surface area contributed by atoms with Gasteiger partial charge in [-0.2, -0.15) is 9.97 Å². The summed E-state index contributed by atoms with van der Waals surface area (Å²) in [6.07, 6.45) is 7.73. The van der Waals surface area contributed by atoms with Gasteiger partial charge >= 0.3 is 0 Å². The second-order valence-electron chi connectivity index (χ2n) is 8.32. The fraction of sp³-hybridized carbons (Fsp3) is 0.348. The van der Waals surface area contributed by atoms with Crippen molar-refractivity contribution in [2.75, 3.05) is 11.9 Å². The minimum absolute atomic E-state index is 0.190. The number of ether oxygens (including phenoxy) is 1. The van der Waals surface area contributed by atoms with Crippen LogP contribution in [0, 0.1) is 5.92 Å². The third-order valence-corrected chi connectivity index (χ3v) is 8.16. The molecule has 3 N–H and O–H groups in total. The average Bonchev–Trinajstić information content (AvgIpc) is 3.55. The third kappa shape index (κ3) is 5.37. The molecule has 0 unspecified atom stereocenters. The Bertz CT molecular complexity index is 1330. The number of aromatic amines is 1. The molecule has 3 aromatic heterocycles. The predicted molar refractivity (Wildman–Crippen MR) is 132 cm³/mol. The number of H-pyrrole nitrogens is 1. The molecule has 0 atom stereocenters. The summed E-state index contributed by atoms with van der Waals surface area (Å²) < 4.78 is 33.9. The molecule has 34 heavy (non-hydrogen) atoms. The first kappa shape index (κ1) is 22.8. The van der Waals surface area contributed by atoms with E-state index in [1.54, 1.807) is 30.6 Å². The van der Waals surface area contributed by atoms with Crippen LogP contribution in [0.1, 0.15) is 37.0 Å². The smallest absolute Gasteiger partial charge is 0.245 e. The van der Waals surface area contributed by atoms with Gasteiger partial charge in [0.1, 0.15) is 5.52 Å². The Labute approximate surface area is 202 Å². The van der Waals surface area contributed by atoms with E-state index in [-0.39, 0.29) is 11.4 Å². The van der Waals surface area contributed by atoms with Crippen LogP contribution in [0.5, 0.6) is 5.88 Å². The van der Waals surface area contributed by atoms with Gasteiger partial charge < -0.3 is 15.0 Å². The van der Waals surface area contributed by atoms with Gasteiger partial charge in [0, 0.05) is 17.1 Å². The van der Waals surface area contributed by atoms with E-state index in [0.717, 1.165) is 4.88 Å². The van der Waals surface area contributed by atoms with Crippen molar-refractivity contribution in [3.8, 4) is 5.88 Å². The lowest BCUT2D eigenvalue weighted by Crippen LogP contribution is -2.22. The van der Waals surface area contributed by atoms with Gasteiger partial charge in [0.05, 0.1) is 17.8 Å². The number of hydrogen-bond acceptors (Lipinski definition) is 8. The zero-order chi connectivity index (χ0) is 23.4. The van der Waals surface area contributed by atoms with Gasteiger partial charge in [0.2, 0.25) is 21.9 Å². The second-order valence-corrected chi connectivity index (χ2v) is 11.1. The van der Waals surface area contributed by atoms with Crippen molar-refractivity contribution in [1.82, 2.24) is 24.7 Å². The number of hydrogen-bond donors (Lipinski definition) is 3. The van der Waals surface area contributed by atoms with E-state index in [0.29, 0.717) is 41.2 Å². The van der Waals surface area contributed by atoms with Crippen LogP contribution >= 0.6 is 11.3 Å². The van der Waals surface area contributed by atoms with E-state index in [2.05, 4.69) is 30.0 Å². The van der Waals surface area contributed by atoms with Crippen molar-refractivity contribution in [3.63, 3.8) is 0 Å². The average molecular weight is 499 g/mol. The number of sulfonamides is 1. The van der Waals surface area contributed by atoms with Gasteiger partial charge in [-0.15, -0.1) is 11.3 Å². The zero-order valence-electron chi connectivity index (χ0n) is 18.5. The Balaban J connectivity index is 1.28. The summed E-state index contributed by atoms with van der Waals surface area (Å²) in [7, 11) is -3.61. The molecule has 0 spiro atoms. The molecule has 1 aliphatic carbocycles. The number of anilines is 2. The number of nitrogens with one attached hydrogen (secondary N) is 3. The Morgan fingerprint density at radius 3 is 2.68 bits per heavy atom. The molecule has 4 aromatic rings. The monoisotopic (exact) mass is 498 g/mol. The molecule has 5 rings (SSSR count). The quantitative estimate of drug-likeness (QED) is 0.308. The Morgan fingerprint density at radius 1 is 1.09 bits per heavy atom. The van der Waals surface area contributed by atoms with Crippen molar-refractivity contribution in [3.05, 3.63) is 53.0 Å². The first-order chi connectivity index (χ1) is 16.6. The van der Waals surface area contributed by atoms with Crippen molar-refractivity contribution < 1.29 is 13.2 Å². The van der Waals surface area contributed by atoms with Gasteiger partial charge in [0.25, 0.3) is 0 Å². The zero-order valence-corrected chi connectivity index (χ0v) is 20.2. The van der Waals surface area contributed by atoms with Crippen LogP contribution < -0.4 is 14.8 Å². The summed E-state index contributed by atoms with van der Waals surface area (Å²) in [5.41, 5.74) is 1.83. The van der Waals surface area contributed by atoms with E-state index >= 15 is 0 Å². The van der Waals surface area contributed by atoms with Crippen LogP contribution in [0.15, 0.2) is 53.0 Å². The first-order valence-electron chi connectivity index (χ1n) is 11.3. The highest BCUT2D eigenvalue weighted by molar-refractivity contribution is 7.89. The first-order valence-corrected chi connectivity index (χ1v) is 13.7. The summed E-state index contributed by atoms with van der Waals surface area (Å²) in [6, 6.07) is 10.2. The van der Waals surface area contributed by atoms with Crippen molar-refractivity contribution in [1.29, 1.82) is 0 Å². The van der Waals surface area contributed by atoms with Gasteiger partial charge in [0.15, 0.2) is 5.65 Å². The van der Waals surface area contributed by atoms with Crippen molar-refractivity contribution in [2.45, 2.75) is 43.5 Å². The summed E-state index contributed by atoms with van der Waals surface area (Å²) in [5.74, 6) is 1.35. The highest BCUT2D eigenvalue weighted by Crippen LogP contribution is 2.27. The molecule has 9 nitrogen and oxygen atoms in total. The minimum Gasteiger partial charge on any atom is -0.476 e. The molecular weight excluding hydrogens is 472 g/mol. The number of imidazole rings is 1. The molecule has 1 aromatic carbocycles. The Hall–Kier alpha value is -3.02. The number of nitrogens with zero attached hydrogens (tertiary/aromatic N) is 3. The molecule has 3 heterocycles. The lowest BCUT2D eigenvalue weighted by atomic mass is 9.90. The molecule has 0 saturated heterocycles. The van der Waals surface area contributed by atoms with Crippen molar-refractivity contribution >= 4 is 44.2 Å². The lowest BCUT2D eigenvalue weighted by molar-refractivity contribution is 0.205. The standard InChI is InChI=1S/C23H26N6O3S2/c30-34(31,26-13-18-7-4-12-33-18)19-10-8-17(9-11-19)27-23-28-21-20(24-15-25-21)22(29-23)32-14-16-5-2-1-3-6-16/h4,7-12,15-16,26H,1-3,5-6,13-14H2,(H2,24,25,27,28,29). The predicted octanol–water partition coefficient (Wildman–Crippen LogP) is 4.60. The highest BCUT2D eigenvalue weighted by Gasteiger charge is 2.18. The molecule has 0 bridgehead atoms. The highest BCUT2D eigenvalue weighted by atomic mass is 32.2. The maximum atomic E-state index is 12.6. The van der Waals surface area contributed by atoms with Crippen LogP contribution in [0.2, 0.25) is 0 Å². The second kappa shape index (κ2) is 10.1. The summed E-state index contributed by atoms with van der Waals surface area (Å²) in [6.45, 7) is 0.886. The third-order valence-electron chi connectivity index (χ3n) is 5.87. The van der Waals surface area contributed by atoms with Crippen LogP contribution in [0.4, 0.5) is 11.6 Å². The van der Waals surface area contributed by atoms with Crippen LogP contribution in [0.3, 0.4) is 0 Å². The SMILES string of the molecule is O=S(=O)(NCc1cccs1)c1ccc(Nc2nc(OCC3CCCCC3)c3[nH]cnc3n2)cc1. The molecule has 0 aliphatic heterocycles. The summed E-state index contributed by atoms with van der Waals surface area (Å²) in [5, 5.41) is 5.04. The van der Waals surface area contributed by atoms with Gasteiger partial charge in [-0.25, -0.2) is 18.1 Å². The molecule has 0 amide bonds. The number of thiophene rings is 1. The largest absolute Gasteiger partial charge is 0.476 e. The summed E-state index contributed by atoms with van der Waals surface area (Å²) >= 11 is 1.51. The van der Waals surface area contributed by atoms with Crippen LogP contribution in [-0.2, 0) is 16.6 Å². The molecule has 1 fully saturated rings. The van der Waals surface area contributed by atoms with Crippen LogP contribution in [-0.4, -0.2) is 35.0 Å². The van der Waals surface area contributed by atoms with E-state index < -0.39 is 10.0 Å². The molecular formula is C23H26N6O3S2. The molecule has 0 radical (unpaired) electrons. The van der Waals surface area contributed by atoms with Crippen LogP contribution in [0.25, 0.3) is 11.2 Å². The number of aromatic nitrogens is 4. The lowest BCUT2D eigenvalue weighted by Gasteiger charge is -2.21. The van der Waals surface area contributed by atoms with Crippen molar-refractivity contribution in [2.24, 2.45) is 5.92 Å². The van der Waals surface area contributed by atoms with Gasteiger partial charge in [-0.1, -0.05) is 25.3 Å². The number of fused-ring (bicyclic) bond motifs is 1. The van der Waals surface area contributed by atoms with E-state index in [1.165, 1.54) is 43.4 Å². The maximum Gasteiger partial charge on any atom is 0.245 e. The van der Waals surface area contributed by atoms with Gasteiger partial charge in [-0.05, 0) is 54.5 Å². The number of benzene rings is 1. The normalized spacial score (nSPS) is 14.9. The topological polar surface area (TPSA) is 122 Å². The Kier molecular flexibility index (Phi) is 6.75. The molecule has 1 aliphatic rings. The van der Waals surface area contributed by atoms with E-state index in [9.17, 15) is 8.42 Å². The fourth-order valence-electron chi connectivity index (χ4n) is 4.03. The maximum absolute atomic E-state index is 12.6. The minimum atomic E-state index is -3.61. The molecule has 1 saturated carbocycles.